The number of benzene rings is 12. The van der Waals surface area contributed by atoms with Gasteiger partial charge in [0.05, 0.1) is 22.1 Å². The third kappa shape index (κ3) is 4.64. The van der Waals surface area contributed by atoms with Crippen LogP contribution in [0.3, 0.4) is 0 Å². The lowest BCUT2D eigenvalue weighted by atomic mass is 9.89. The Kier molecular flexibility index (Phi) is 6.86. The van der Waals surface area contributed by atoms with Gasteiger partial charge in [-0.2, -0.15) is 0 Å². The zero-order chi connectivity index (χ0) is 40.5. The molecule has 2 heteroatoms. The van der Waals surface area contributed by atoms with Gasteiger partial charge in [-0.15, -0.1) is 0 Å². The number of fused-ring (bicyclic) bond motifs is 10. The van der Waals surface area contributed by atoms with E-state index in [2.05, 4.69) is 228 Å². The Hall–Kier alpha value is -8.20. The Bertz CT molecular complexity index is 3800. The van der Waals surface area contributed by atoms with Crippen molar-refractivity contribution in [3.8, 4) is 33.6 Å². The molecule has 0 unspecified atom stereocenters. The van der Waals surface area contributed by atoms with Gasteiger partial charge in [0.2, 0.25) is 0 Å². The Labute approximate surface area is 357 Å². The van der Waals surface area contributed by atoms with Crippen LogP contribution in [0.1, 0.15) is 0 Å². The molecule has 14 rings (SSSR count). The number of para-hydroxylation sites is 4. The molecule has 0 radical (unpaired) electrons. The van der Waals surface area contributed by atoms with E-state index in [0.29, 0.717) is 0 Å². The molecule has 0 atom stereocenters. The smallest absolute Gasteiger partial charge is 0.0619 e. The van der Waals surface area contributed by atoms with E-state index in [1.165, 1.54) is 120 Å². The average Bonchev–Trinajstić information content (AvgIpc) is 3.87. The molecule has 2 nitrogen and oxygen atoms in total. The SMILES string of the molecule is c1ccc(-n2c3ccc4ccccc4c3c3cccc(-c4cc5ccc6cc(-c7cccc8c9c%10ccccc%10ccc9n(-c9ccccc9)c78)cc7ccc(c4)c5c67)c32)cc1. The summed E-state index contributed by atoms with van der Waals surface area (Å²) in [6.45, 7) is 0. The summed E-state index contributed by atoms with van der Waals surface area (Å²) in [5, 5.41) is 17.9. The number of aromatic nitrogens is 2. The van der Waals surface area contributed by atoms with E-state index in [-0.39, 0.29) is 0 Å². The Balaban J connectivity index is 0.994. The molecule has 286 valence electrons. The van der Waals surface area contributed by atoms with Gasteiger partial charge in [-0.05, 0) is 126 Å². The summed E-state index contributed by atoms with van der Waals surface area (Å²) >= 11 is 0. The summed E-state index contributed by atoms with van der Waals surface area (Å²) in [4.78, 5) is 0. The second kappa shape index (κ2) is 12.7. The highest BCUT2D eigenvalue weighted by molar-refractivity contribution is 6.28. The summed E-state index contributed by atoms with van der Waals surface area (Å²) in [5.41, 5.74) is 12.1. The van der Waals surface area contributed by atoms with Gasteiger partial charge in [0, 0.05) is 44.0 Å². The molecular weight excluding hydrogens is 749 g/mol. The highest BCUT2D eigenvalue weighted by Gasteiger charge is 2.22. The molecule has 0 amide bonds. The minimum absolute atomic E-state index is 1.16. The summed E-state index contributed by atoms with van der Waals surface area (Å²) in [7, 11) is 0. The van der Waals surface area contributed by atoms with Gasteiger partial charge in [-0.25, -0.2) is 0 Å². The number of rotatable bonds is 4. The van der Waals surface area contributed by atoms with Crippen LogP contribution in [0.15, 0.2) is 218 Å². The quantitative estimate of drug-likeness (QED) is 0.157. The minimum Gasteiger partial charge on any atom is -0.309 e. The highest BCUT2D eigenvalue weighted by Crippen LogP contribution is 2.46. The molecule has 0 spiro atoms. The van der Waals surface area contributed by atoms with Crippen molar-refractivity contribution < 1.29 is 0 Å². The molecule has 12 aromatic carbocycles. The van der Waals surface area contributed by atoms with Crippen molar-refractivity contribution >= 4 is 97.5 Å². The van der Waals surface area contributed by atoms with Crippen LogP contribution in [0.4, 0.5) is 0 Å². The number of nitrogens with zero attached hydrogens (tertiary/aromatic N) is 2. The van der Waals surface area contributed by atoms with Gasteiger partial charge in [-0.1, -0.05) is 158 Å². The van der Waals surface area contributed by atoms with E-state index in [1.54, 1.807) is 0 Å². The van der Waals surface area contributed by atoms with Crippen LogP contribution in [0.25, 0.3) is 131 Å². The van der Waals surface area contributed by atoms with Gasteiger partial charge in [0.15, 0.2) is 0 Å². The van der Waals surface area contributed by atoms with E-state index >= 15 is 0 Å². The maximum Gasteiger partial charge on any atom is 0.0619 e. The monoisotopic (exact) mass is 784 g/mol. The predicted octanol–water partition coefficient (Wildman–Crippen LogP) is 16.4. The first-order valence-electron chi connectivity index (χ1n) is 21.5. The lowest BCUT2D eigenvalue weighted by molar-refractivity contribution is 1.18. The zero-order valence-electron chi connectivity index (χ0n) is 33.7. The van der Waals surface area contributed by atoms with E-state index in [0.717, 1.165) is 11.4 Å². The second-order valence-corrected chi connectivity index (χ2v) is 16.8. The highest BCUT2D eigenvalue weighted by atomic mass is 15.0. The molecule has 62 heavy (non-hydrogen) atoms. The first-order chi connectivity index (χ1) is 30.8. The standard InChI is InChI=1S/C60H36N2/c1-3-15-45(16-4-1)61-53-31-29-37-13-7-9-19-47(37)57(53)51-23-11-21-49(59(51)61)43-33-39-25-27-41-35-44(36-42-28-26-40(34-43)55(39)56(41)42)50-22-12-24-52-58-48-20-10-8-14-38(48)30-32-54(58)62(60(50)52)46-17-5-2-6-18-46/h1-36H. The van der Waals surface area contributed by atoms with Crippen LogP contribution in [-0.4, -0.2) is 9.13 Å². The van der Waals surface area contributed by atoms with Crippen molar-refractivity contribution in [3.05, 3.63) is 218 Å². The predicted molar refractivity (Wildman–Crippen MR) is 265 cm³/mol. The first kappa shape index (κ1) is 33.6. The molecule has 0 saturated heterocycles. The molecule has 2 heterocycles. The van der Waals surface area contributed by atoms with Gasteiger partial charge in [-0.3, -0.25) is 0 Å². The summed E-state index contributed by atoms with van der Waals surface area (Å²) in [6, 6.07) is 81.0. The Morgan fingerprint density at radius 2 is 0.597 bits per heavy atom. The van der Waals surface area contributed by atoms with Crippen LogP contribution in [0.5, 0.6) is 0 Å². The van der Waals surface area contributed by atoms with Crippen LogP contribution in [-0.2, 0) is 0 Å². The fraction of sp³-hybridized carbons (Fsp3) is 0. The van der Waals surface area contributed by atoms with Gasteiger partial charge in [0.25, 0.3) is 0 Å². The lowest BCUT2D eigenvalue weighted by Gasteiger charge is -2.17. The third-order valence-electron chi connectivity index (χ3n) is 13.5. The third-order valence-corrected chi connectivity index (χ3v) is 13.5. The van der Waals surface area contributed by atoms with Crippen molar-refractivity contribution in [1.82, 2.24) is 9.13 Å². The molecule has 2 aromatic heterocycles. The van der Waals surface area contributed by atoms with E-state index < -0.39 is 0 Å². The minimum atomic E-state index is 1.16. The van der Waals surface area contributed by atoms with Crippen LogP contribution < -0.4 is 0 Å². The molecule has 14 aromatic rings. The first-order valence-corrected chi connectivity index (χ1v) is 21.5. The Morgan fingerprint density at radius 3 is 1.02 bits per heavy atom. The molecule has 0 aliphatic carbocycles. The van der Waals surface area contributed by atoms with E-state index in [4.69, 9.17) is 0 Å². The molecule has 0 aliphatic heterocycles. The fourth-order valence-electron chi connectivity index (χ4n) is 11.0. The molecule has 0 fully saturated rings. The van der Waals surface area contributed by atoms with Crippen LogP contribution in [0, 0.1) is 0 Å². The topological polar surface area (TPSA) is 9.86 Å². The Morgan fingerprint density at radius 1 is 0.242 bits per heavy atom. The molecular formula is C60H36N2. The normalized spacial score (nSPS) is 12.2. The summed E-state index contributed by atoms with van der Waals surface area (Å²) in [6.07, 6.45) is 0. The number of hydrogen-bond donors (Lipinski definition) is 0. The zero-order valence-corrected chi connectivity index (χ0v) is 33.7. The largest absolute Gasteiger partial charge is 0.309 e. The number of hydrogen-bond acceptors (Lipinski definition) is 0. The molecule has 0 bridgehead atoms. The maximum atomic E-state index is 2.47. The summed E-state index contributed by atoms with van der Waals surface area (Å²) in [5.74, 6) is 0. The fourth-order valence-corrected chi connectivity index (χ4v) is 11.0. The van der Waals surface area contributed by atoms with Crippen molar-refractivity contribution in [2.45, 2.75) is 0 Å². The van der Waals surface area contributed by atoms with Gasteiger partial charge >= 0.3 is 0 Å². The molecule has 0 saturated carbocycles. The van der Waals surface area contributed by atoms with Crippen molar-refractivity contribution in [1.29, 1.82) is 0 Å². The van der Waals surface area contributed by atoms with Crippen molar-refractivity contribution in [3.63, 3.8) is 0 Å². The maximum absolute atomic E-state index is 2.47. The lowest BCUT2D eigenvalue weighted by Crippen LogP contribution is -1.96. The second-order valence-electron chi connectivity index (χ2n) is 16.8. The van der Waals surface area contributed by atoms with Crippen LogP contribution >= 0.6 is 0 Å². The van der Waals surface area contributed by atoms with E-state index in [1.807, 2.05) is 0 Å². The van der Waals surface area contributed by atoms with Crippen molar-refractivity contribution in [2.24, 2.45) is 0 Å². The van der Waals surface area contributed by atoms with Crippen LogP contribution in [0.2, 0.25) is 0 Å². The van der Waals surface area contributed by atoms with Gasteiger partial charge in [0.1, 0.15) is 0 Å². The molecule has 0 aliphatic rings. The summed E-state index contributed by atoms with van der Waals surface area (Å²) < 4.78 is 4.94. The van der Waals surface area contributed by atoms with Gasteiger partial charge < -0.3 is 9.13 Å². The van der Waals surface area contributed by atoms with Crippen molar-refractivity contribution in [2.75, 3.05) is 0 Å². The molecule has 0 N–H and O–H groups in total. The average molecular weight is 785 g/mol. The van der Waals surface area contributed by atoms with E-state index in [9.17, 15) is 0 Å².